The number of likely N-dealkylation sites (N-methyl/N-ethyl adjacent to an activating group) is 1. The number of anilines is 1. The lowest BCUT2D eigenvalue weighted by atomic mass is 10.1. The van der Waals surface area contributed by atoms with Crippen LogP contribution in [0.15, 0.2) is 41.8 Å². The third-order valence-corrected chi connectivity index (χ3v) is 4.46. The molecule has 0 spiro atoms. The zero-order valence-corrected chi connectivity index (χ0v) is 14.6. The van der Waals surface area contributed by atoms with Crippen molar-refractivity contribution in [2.24, 2.45) is 0 Å². The lowest BCUT2D eigenvalue weighted by molar-refractivity contribution is 0.425. The molecule has 0 atom stereocenters. The summed E-state index contributed by atoms with van der Waals surface area (Å²) in [5.74, 6) is -0.248. The largest absolute Gasteiger partial charge is 0.383 e. The van der Waals surface area contributed by atoms with Gasteiger partial charge in [-0.3, -0.25) is 0 Å². The van der Waals surface area contributed by atoms with Gasteiger partial charge in [-0.2, -0.15) is 0 Å². The molecule has 124 valence electrons. The van der Waals surface area contributed by atoms with E-state index in [-0.39, 0.29) is 5.82 Å². The predicted octanol–water partition coefficient (Wildman–Crippen LogP) is 4.58. The summed E-state index contributed by atoms with van der Waals surface area (Å²) in [7, 11) is 4.06. The zero-order chi connectivity index (χ0) is 16.9. The lowest BCUT2D eigenvalue weighted by Gasteiger charge is -2.14. The first-order chi connectivity index (χ1) is 11.6. The van der Waals surface area contributed by atoms with Crippen LogP contribution in [-0.2, 0) is 0 Å². The summed E-state index contributed by atoms with van der Waals surface area (Å²) in [6.45, 7) is 1.69. The van der Waals surface area contributed by atoms with Crippen LogP contribution in [0.2, 0.25) is 0 Å². The Bertz CT molecular complexity index is 841. The lowest BCUT2D eigenvalue weighted by Crippen LogP contribution is -2.20. The Labute approximate surface area is 145 Å². The number of hydrogen-bond acceptors (Lipinski definition) is 4. The van der Waals surface area contributed by atoms with Crippen LogP contribution in [0.5, 0.6) is 0 Å². The SMILES string of the molecule is CN(C)CCNc1cc(/C=C/c2cccs2)nc2ccc(F)cc12. The highest BCUT2D eigenvalue weighted by Crippen LogP contribution is 2.25. The molecule has 0 radical (unpaired) electrons. The topological polar surface area (TPSA) is 28.2 Å². The van der Waals surface area contributed by atoms with Crippen LogP contribution in [0.3, 0.4) is 0 Å². The van der Waals surface area contributed by atoms with E-state index in [1.165, 1.54) is 17.0 Å². The average Bonchev–Trinajstić information content (AvgIpc) is 3.06. The van der Waals surface area contributed by atoms with Gasteiger partial charge in [-0.15, -0.1) is 11.3 Å². The molecule has 0 saturated heterocycles. The number of aromatic nitrogens is 1. The monoisotopic (exact) mass is 341 g/mol. The van der Waals surface area contributed by atoms with Crippen molar-refractivity contribution in [3.63, 3.8) is 0 Å². The molecule has 1 N–H and O–H groups in total. The third kappa shape index (κ3) is 4.19. The first-order valence-electron chi connectivity index (χ1n) is 7.82. The molecule has 0 aliphatic rings. The number of halogens is 1. The van der Waals surface area contributed by atoms with Gasteiger partial charge >= 0.3 is 0 Å². The van der Waals surface area contributed by atoms with E-state index < -0.39 is 0 Å². The minimum Gasteiger partial charge on any atom is -0.383 e. The van der Waals surface area contributed by atoms with Gasteiger partial charge in [0.05, 0.1) is 11.2 Å². The molecular formula is C19H20FN3S. The van der Waals surface area contributed by atoms with E-state index >= 15 is 0 Å². The molecule has 0 aliphatic carbocycles. The molecule has 5 heteroatoms. The minimum absolute atomic E-state index is 0.248. The van der Waals surface area contributed by atoms with E-state index in [2.05, 4.69) is 21.3 Å². The second-order valence-corrected chi connectivity index (χ2v) is 6.81. The summed E-state index contributed by atoms with van der Waals surface area (Å²) in [5, 5.41) is 6.25. The molecule has 3 aromatic rings. The highest BCUT2D eigenvalue weighted by Gasteiger charge is 2.06. The van der Waals surface area contributed by atoms with Crippen molar-refractivity contribution in [2.45, 2.75) is 0 Å². The molecule has 2 heterocycles. The first-order valence-corrected chi connectivity index (χ1v) is 8.70. The van der Waals surface area contributed by atoms with Crippen molar-refractivity contribution in [3.05, 3.63) is 58.2 Å². The first kappa shape index (κ1) is 16.6. The van der Waals surface area contributed by atoms with Gasteiger partial charge in [-0.25, -0.2) is 9.37 Å². The molecule has 0 amide bonds. The molecule has 24 heavy (non-hydrogen) atoms. The van der Waals surface area contributed by atoms with Crippen molar-refractivity contribution in [1.29, 1.82) is 0 Å². The van der Waals surface area contributed by atoms with E-state index in [0.29, 0.717) is 0 Å². The van der Waals surface area contributed by atoms with Gasteiger partial charge < -0.3 is 10.2 Å². The van der Waals surface area contributed by atoms with Crippen LogP contribution in [0.25, 0.3) is 23.1 Å². The second kappa shape index (κ2) is 7.55. The number of rotatable bonds is 6. The number of nitrogens with zero attached hydrogens (tertiary/aromatic N) is 2. The number of nitrogens with one attached hydrogen (secondary N) is 1. The fourth-order valence-electron chi connectivity index (χ4n) is 2.42. The van der Waals surface area contributed by atoms with Crippen molar-refractivity contribution >= 4 is 40.1 Å². The molecule has 3 nitrogen and oxygen atoms in total. The molecule has 1 aromatic carbocycles. The van der Waals surface area contributed by atoms with Crippen molar-refractivity contribution in [2.75, 3.05) is 32.5 Å². The standard InChI is InChI=1S/C19H20FN3S/c1-23(2)10-9-21-19-13-15(6-7-16-4-3-11-24-16)22-18-8-5-14(20)12-17(18)19/h3-8,11-13H,9-10H2,1-2H3,(H,21,22)/b7-6+. The Morgan fingerprint density at radius 2 is 2.08 bits per heavy atom. The summed E-state index contributed by atoms with van der Waals surface area (Å²) in [6.07, 6.45) is 4.04. The Morgan fingerprint density at radius 1 is 1.21 bits per heavy atom. The fourth-order valence-corrected chi connectivity index (χ4v) is 3.04. The van der Waals surface area contributed by atoms with Gasteiger partial charge in [0.1, 0.15) is 5.82 Å². The quantitative estimate of drug-likeness (QED) is 0.711. The molecule has 0 aliphatic heterocycles. The number of pyridine rings is 1. The van der Waals surface area contributed by atoms with E-state index in [9.17, 15) is 4.39 Å². The Morgan fingerprint density at radius 3 is 2.83 bits per heavy atom. The van der Waals surface area contributed by atoms with Gasteiger partial charge in [0.15, 0.2) is 0 Å². The molecule has 0 unspecified atom stereocenters. The molecule has 0 fully saturated rings. The smallest absolute Gasteiger partial charge is 0.124 e. The summed E-state index contributed by atoms with van der Waals surface area (Å²) in [5.41, 5.74) is 2.55. The van der Waals surface area contributed by atoms with Crippen molar-refractivity contribution in [1.82, 2.24) is 9.88 Å². The number of thiophene rings is 1. The molecule has 0 saturated carbocycles. The average molecular weight is 341 g/mol. The second-order valence-electron chi connectivity index (χ2n) is 5.83. The van der Waals surface area contributed by atoms with E-state index in [1.54, 1.807) is 17.4 Å². The Hall–Kier alpha value is -2.24. The van der Waals surface area contributed by atoms with E-state index in [1.807, 2.05) is 43.8 Å². The highest BCUT2D eigenvalue weighted by atomic mass is 32.1. The number of benzene rings is 1. The summed E-state index contributed by atoms with van der Waals surface area (Å²) in [4.78, 5) is 7.90. The number of fused-ring (bicyclic) bond motifs is 1. The van der Waals surface area contributed by atoms with Crippen molar-refractivity contribution < 1.29 is 4.39 Å². The van der Waals surface area contributed by atoms with Crippen LogP contribution in [-0.4, -0.2) is 37.1 Å². The zero-order valence-electron chi connectivity index (χ0n) is 13.8. The van der Waals surface area contributed by atoms with Gasteiger partial charge in [0.25, 0.3) is 0 Å². The van der Waals surface area contributed by atoms with Crippen LogP contribution in [0.1, 0.15) is 10.6 Å². The van der Waals surface area contributed by atoms with Crippen molar-refractivity contribution in [3.8, 4) is 0 Å². The minimum atomic E-state index is -0.248. The fraction of sp³-hybridized carbons (Fsp3) is 0.211. The summed E-state index contributed by atoms with van der Waals surface area (Å²) < 4.78 is 13.6. The van der Waals surface area contributed by atoms with E-state index in [0.717, 1.165) is 35.4 Å². The molecular weight excluding hydrogens is 321 g/mol. The summed E-state index contributed by atoms with van der Waals surface area (Å²) >= 11 is 1.68. The van der Waals surface area contributed by atoms with Crippen LogP contribution >= 0.6 is 11.3 Å². The molecule has 0 bridgehead atoms. The number of hydrogen-bond donors (Lipinski definition) is 1. The predicted molar refractivity (Wildman–Crippen MR) is 102 cm³/mol. The Kier molecular flexibility index (Phi) is 5.23. The van der Waals surface area contributed by atoms with Crippen LogP contribution in [0.4, 0.5) is 10.1 Å². The summed E-state index contributed by atoms with van der Waals surface area (Å²) in [6, 6.07) is 10.8. The van der Waals surface area contributed by atoms with Crippen LogP contribution in [0, 0.1) is 5.82 Å². The van der Waals surface area contributed by atoms with Gasteiger partial charge in [0.2, 0.25) is 0 Å². The van der Waals surface area contributed by atoms with Gasteiger partial charge in [-0.1, -0.05) is 6.07 Å². The maximum absolute atomic E-state index is 13.6. The van der Waals surface area contributed by atoms with Crippen LogP contribution < -0.4 is 5.32 Å². The maximum Gasteiger partial charge on any atom is 0.124 e. The highest BCUT2D eigenvalue weighted by molar-refractivity contribution is 7.10. The normalized spacial score (nSPS) is 11.7. The van der Waals surface area contributed by atoms with E-state index in [4.69, 9.17) is 0 Å². The Balaban J connectivity index is 1.94. The van der Waals surface area contributed by atoms with Gasteiger partial charge in [0, 0.05) is 29.0 Å². The molecule has 2 aromatic heterocycles. The maximum atomic E-state index is 13.6. The molecule has 3 rings (SSSR count). The third-order valence-electron chi connectivity index (χ3n) is 3.63. The van der Waals surface area contributed by atoms with Gasteiger partial charge in [-0.05, 0) is 62.0 Å².